The van der Waals surface area contributed by atoms with Crippen LogP contribution in [0.4, 0.5) is 0 Å². The fourth-order valence-corrected chi connectivity index (χ4v) is 4.89. The summed E-state index contributed by atoms with van der Waals surface area (Å²) in [4.78, 5) is 0. The summed E-state index contributed by atoms with van der Waals surface area (Å²) in [6.45, 7) is 0. The van der Waals surface area contributed by atoms with Crippen molar-refractivity contribution < 1.29 is 9.68 Å². The molecule has 0 saturated heterocycles. The molecule has 0 unspecified atom stereocenters. The van der Waals surface area contributed by atoms with Crippen LogP contribution in [0.15, 0.2) is 162 Å². The Labute approximate surface area is 274 Å². The van der Waals surface area contributed by atoms with Crippen molar-refractivity contribution in [2.45, 2.75) is 7.43 Å². The molecule has 6 heteroatoms. The lowest BCUT2D eigenvalue weighted by Crippen LogP contribution is -1.98. The van der Waals surface area contributed by atoms with Crippen molar-refractivity contribution in [3.63, 3.8) is 0 Å². The molecule has 215 valence electrons. The summed E-state index contributed by atoms with van der Waals surface area (Å²) in [6.07, 6.45) is 0. The first-order valence-electron chi connectivity index (χ1n) is 13.1. The minimum Gasteiger partial charge on any atom is -0.537 e. The largest absolute Gasteiger partial charge is 0.569 e. The van der Waals surface area contributed by atoms with Gasteiger partial charge in [-0.05, 0) is 75.8 Å². The molecule has 0 amide bonds. The Morgan fingerprint density at radius 2 is 0.837 bits per heavy atom. The Kier molecular flexibility index (Phi) is 14.1. The van der Waals surface area contributed by atoms with Gasteiger partial charge in [0, 0.05) is 14.5 Å². The summed E-state index contributed by atoms with van der Waals surface area (Å²) < 4.78 is 5.77. The molecule has 1 radical (unpaired) electrons. The number of benzene rings is 6. The van der Waals surface area contributed by atoms with Crippen molar-refractivity contribution >= 4 is 46.8 Å². The molecule has 0 spiro atoms. The molecule has 0 heterocycles. The first kappa shape index (κ1) is 33.7. The third-order valence-corrected chi connectivity index (χ3v) is 7.32. The van der Waals surface area contributed by atoms with E-state index in [1.807, 2.05) is 36.4 Å². The van der Waals surface area contributed by atoms with Crippen molar-refractivity contribution in [1.29, 1.82) is 0 Å². The molecule has 0 atom stereocenters. The number of rotatable bonds is 5. The second-order valence-corrected chi connectivity index (χ2v) is 10.7. The van der Waals surface area contributed by atoms with Gasteiger partial charge in [-0.1, -0.05) is 162 Å². The molecule has 6 rings (SSSR count). The first-order valence-corrected chi connectivity index (χ1v) is 14.7. The van der Waals surface area contributed by atoms with Crippen LogP contribution in [0.2, 0.25) is 10.0 Å². The summed E-state index contributed by atoms with van der Waals surface area (Å²) in [5.74, 6) is 0.562. The van der Waals surface area contributed by atoms with E-state index in [1.165, 1.54) is 33.4 Å². The van der Waals surface area contributed by atoms with E-state index < -0.39 is 0 Å². The van der Waals surface area contributed by atoms with Crippen molar-refractivity contribution in [2.75, 3.05) is 0 Å². The van der Waals surface area contributed by atoms with Gasteiger partial charge in [0.25, 0.3) is 0 Å². The van der Waals surface area contributed by atoms with Crippen molar-refractivity contribution in [1.82, 2.24) is 0 Å². The second kappa shape index (κ2) is 18.0. The second-order valence-electron chi connectivity index (χ2n) is 8.94. The average Bonchev–Trinajstić information content (AvgIpc) is 3.04. The minimum atomic E-state index is 0. The number of hydrogen-bond acceptors (Lipinski definition) is 2. The molecule has 0 saturated carbocycles. The Hall–Kier alpha value is -3.80. The SMILES string of the molecule is Brc1ccccc1-c1ccccc1.C.Clc1ccc(-c2ccccc2-c2ccccc2)cc1.O[B]Oc1ccc(Cl)cc1. The van der Waals surface area contributed by atoms with Crippen molar-refractivity contribution in [3.8, 4) is 39.1 Å². The van der Waals surface area contributed by atoms with Gasteiger partial charge in [-0.2, -0.15) is 0 Å². The molecule has 6 aromatic carbocycles. The Morgan fingerprint density at radius 3 is 1.30 bits per heavy atom. The minimum absolute atomic E-state index is 0. The van der Waals surface area contributed by atoms with E-state index in [0.29, 0.717) is 18.5 Å². The van der Waals surface area contributed by atoms with E-state index in [2.05, 4.69) is 118 Å². The quantitative estimate of drug-likeness (QED) is 0.185. The van der Waals surface area contributed by atoms with Gasteiger partial charge in [0.2, 0.25) is 0 Å². The third kappa shape index (κ3) is 10.5. The van der Waals surface area contributed by atoms with E-state index in [-0.39, 0.29) is 7.43 Å². The van der Waals surface area contributed by atoms with Gasteiger partial charge in [-0.3, -0.25) is 0 Å². The molecule has 2 nitrogen and oxygen atoms in total. The monoisotopic (exact) mass is 667 g/mol. The summed E-state index contributed by atoms with van der Waals surface area (Å²) in [5.41, 5.74) is 7.37. The van der Waals surface area contributed by atoms with Gasteiger partial charge < -0.3 is 9.68 Å². The lowest BCUT2D eigenvalue weighted by atomic mass is 9.95. The number of hydrogen-bond donors (Lipinski definition) is 1. The Balaban J connectivity index is 0.000000185. The van der Waals surface area contributed by atoms with E-state index >= 15 is 0 Å². The zero-order valence-electron chi connectivity index (χ0n) is 22.6. The van der Waals surface area contributed by atoms with E-state index in [1.54, 1.807) is 24.3 Å². The van der Waals surface area contributed by atoms with Crippen molar-refractivity contribution in [2.24, 2.45) is 0 Å². The highest BCUT2D eigenvalue weighted by molar-refractivity contribution is 9.10. The molecule has 0 fully saturated rings. The van der Waals surface area contributed by atoms with Crippen LogP contribution in [0.1, 0.15) is 7.43 Å². The topological polar surface area (TPSA) is 29.5 Å². The summed E-state index contributed by atoms with van der Waals surface area (Å²) in [7, 11) is 0.628. The van der Waals surface area contributed by atoms with Gasteiger partial charge in [0.15, 0.2) is 0 Å². The van der Waals surface area contributed by atoms with Gasteiger partial charge >= 0.3 is 7.69 Å². The van der Waals surface area contributed by atoms with Crippen LogP contribution in [0.5, 0.6) is 5.75 Å². The molecule has 0 aliphatic carbocycles. The highest BCUT2D eigenvalue weighted by Crippen LogP contribution is 2.32. The van der Waals surface area contributed by atoms with E-state index in [9.17, 15) is 0 Å². The fourth-order valence-electron chi connectivity index (χ4n) is 4.12. The molecular formula is C37H31BBrCl2O2. The number of halogens is 3. The smallest absolute Gasteiger partial charge is 0.537 e. The van der Waals surface area contributed by atoms with Gasteiger partial charge in [-0.15, -0.1) is 0 Å². The summed E-state index contributed by atoms with van der Waals surface area (Å²) >= 11 is 15.1. The fraction of sp³-hybridized carbons (Fsp3) is 0.0270. The normalized spacial score (nSPS) is 9.67. The molecule has 0 bridgehead atoms. The highest BCUT2D eigenvalue weighted by Gasteiger charge is 2.06. The van der Waals surface area contributed by atoms with E-state index in [0.717, 1.165) is 9.50 Å². The Morgan fingerprint density at radius 1 is 0.465 bits per heavy atom. The molecule has 43 heavy (non-hydrogen) atoms. The van der Waals surface area contributed by atoms with E-state index in [4.69, 9.17) is 28.2 Å². The van der Waals surface area contributed by atoms with Crippen LogP contribution in [-0.2, 0) is 0 Å². The lowest BCUT2D eigenvalue weighted by Gasteiger charge is -2.10. The third-order valence-electron chi connectivity index (χ3n) is 6.13. The van der Waals surface area contributed by atoms with Crippen LogP contribution >= 0.6 is 39.1 Å². The maximum atomic E-state index is 8.21. The van der Waals surface area contributed by atoms with Crippen molar-refractivity contribution in [3.05, 3.63) is 172 Å². The first-order chi connectivity index (χ1) is 20.5. The molecule has 6 aromatic rings. The molecule has 1 N–H and O–H groups in total. The maximum Gasteiger partial charge on any atom is 0.569 e. The maximum absolute atomic E-state index is 8.21. The summed E-state index contributed by atoms with van der Waals surface area (Å²) in [5, 5.41) is 9.62. The van der Waals surface area contributed by atoms with Gasteiger partial charge in [-0.25, -0.2) is 0 Å². The molecule has 0 aromatic heterocycles. The highest BCUT2D eigenvalue weighted by atomic mass is 79.9. The average molecular weight is 669 g/mol. The predicted octanol–water partition coefficient (Wildman–Crippen LogP) is 11.7. The van der Waals surface area contributed by atoms with Gasteiger partial charge in [0.1, 0.15) is 5.75 Å². The zero-order chi connectivity index (χ0) is 29.6. The summed E-state index contributed by atoms with van der Waals surface area (Å²) in [6, 6.07) is 52.1. The molecule has 0 aliphatic rings. The molecule has 0 aliphatic heterocycles. The van der Waals surface area contributed by atoms with Crippen LogP contribution in [0.3, 0.4) is 0 Å². The standard InChI is InChI=1S/C18H13Cl.C12H9Br.C6H5BClO2.CH4/c19-16-12-10-15(11-13-16)18-9-5-4-8-17(18)14-6-2-1-3-7-14;13-12-9-5-4-8-11(12)10-6-2-1-3-7-10;8-5-1-3-6(4-2-5)10-7-9;/h1-13H;1-9H;1-4,9H;1H4. The van der Waals surface area contributed by atoms with Crippen LogP contribution in [0.25, 0.3) is 33.4 Å². The molecular weight excluding hydrogens is 638 g/mol. The predicted molar refractivity (Wildman–Crippen MR) is 189 cm³/mol. The van der Waals surface area contributed by atoms with Crippen LogP contribution in [-0.4, -0.2) is 12.7 Å². The zero-order valence-corrected chi connectivity index (χ0v) is 25.7. The van der Waals surface area contributed by atoms with Crippen LogP contribution < -0.4 is 4.65 Å². The Bertz CT molecular complexity index is 1650. The van der Waals surface area contributed by atoms with Crippen LogP contribution in [0, 0.1) is 0 Å². The van der Waals surface area contributed by atoms with Gasteiger partial charge in [0.05, 0.1) is 0 Å². The lowest BCUT2D eigenvalue weighted by molar-refractivity contribution is 0.454.